The molecule has 3 heteroatoms. The fourth-order valence-corrected chi connectivity index (χ4v) is 2.55. The summed E-state index contributed by atoms with van der Waals surface area (Å²) in [6.45, 7) is 2.01. The first kappa shape index (κ1) is 13.1. The smallest absolute Gasteiger partial charge is 0.184 e. The molecule has 1 aromatic heterocycles. The molecule has 0 aliphatic heterocycles. The van der Waals surface area contributed by atoms with Gasteiger partial charge in [0.15, 0.2) is 17.3 Å². The average Bonchev–Trinajstić information content (AvgIpc) is 2.77. The lowest BCUT2D eigenvalue weighted by molar-refractivity contribution is 0.557. The lowest BCUT2D eigenvalue weighted by atomic mass is 10.1. The van der Waals surface area contributed by atoms with Crippen LogP contribution in [0.4, 0.5) is 4.39 Å². The number of benzene rings is 2. The molecule has 2 aromatic carbocycles. The van der Waals surface area contributed by atoms with Crippen LogP contribution in [0.2, 0.25) is 0 Å². The largest absolute Gasteiger partial charge is 0.452 e. The predicted octanol–water partition coefficient (Wildman–Crippen LogP) is 5.82. The number of aryl methyl sites for hydroxylation is 1. The predicted molar refractivity (Wildman–Crippen MR) is 82.0 cm³/mol. The highest BCUT2D eigenvalue weighted by Gasteiger charge is 2.20. The van der Waals surface area contributed by atoms with Crippen LogP contribution in [0.15, 0.2) is 63.5 Å². The van der Waals surface area contributed by atoms with Crippen LogP contribution >= 0.6 is 15.9 Å². The molecule has 0 saturated heterocycles. The minimum atomic E-state index is -0.369. The van der Waals surface area contributed by atoms with Crippen LogP contribution in [0.1, 0.15) is 5.56 Å². The van der Waals surface area contributed by atoms with Crippen LogP contribution in [-0.2, 0) is 0 Å². The molecule has 0 amide bonds. The second kappa shape index (κ2) is 5.25. The van der Waals surface area contributed by atoms with Crippen molar-refractivity contribution in [3.05, 3.63) is 70.5 Å². The molecule has 0 bridgehead atoms. The molecular formula is C17H12BrFO. The van der Waals surface area contributed by atoms with Gasteiger partial charge in [-0.1, -0.05) is 60.2 Å². The van der Waals surface area contributed by atoms with Gasteiger partial charge in [0.2, 0.25) is 0 Å². The van der Waals surface area contributed by atoms with E-state index in [4.69, 9.17) is 4.42 Å². The van der Waals surface area contributed by atoms with Crippen LogP contribution < -0.4 is 0 Å². The molecule has 0 spiro atoms. The minimum absolute atomic E-state index is 0.257. The molecule has 1 nitrogen and oxygen atoms in total. The number of hydrogen-bond acceptors (Lipinski definition) is 1. The summed E-state index contributed by atoms with van der Waals surface area (Å²) in [5.74, 6) is 0.404. The van der Waals surface area contributed by atoms with E-state index in [0.717, 1.165) is 16.7 Å². The Labute approximate surface area is 125 Å². The maximum atomic E-state index is 14.3. The summed E-state index contributed by atoms with van der Waals surface area (Å²) in [6.07, 6.45) is 0. The lowest BCUT2D eigenvalue weighted by Gasteiger charge is -1.99. The van der Waals surface area contributed by atoms with Gasteiger partial charge in [0, 0.05) is 11.1 Å². The quantitative estimate of drug-likeness (QED) is 0.576. The monoisotopic (exact) mass is 330 g/mol. The van der Waals surface area contributed by atoms with Gasteiger partial charge in [0.25, 0.3) is 0 Å². The van der Waals surface area contributed by atoms with E-state index >= 15 is 0 Å². The Morgan fingerprint density at radius 2 is 1.45 bits per heavy atom. The highest BCUT2D eigenvalue weighted by atomic mass is 79.9. The van der Waals surface area contributed by atoms with Gasteiger partial charge >= 0.3 is 0 Å². The van der Waals surface area contributed by atoms with Gasteiger partial charge in [-0.3, -0.25) is 0 Å². The number of furan rings is 1. The van der Waals surface area contributed by atoms with Crippen molar-refractivity contribution in [2.24, 2.45) is 0 Å². The summed E-state index contributed by atoms with van der Waals surface area (Å²) in [4.78, 5) is 0. The van der Waals surface area contributed by atoms with Crippen LogP contribution in [0.25, 0.3) is 22.6 Å². The topological polar surface area (TPSA) is 13.1 Å². The van der Waals surface area contributed by atoms with Crippen molar-refractivity contribution < 1.29 is 8.81 Å². The molecule has 0 saturated carbocycles. The zero-order valence-corrected chi connectivity index (χ0v) is 12.4. The fraction of sp³-hybridized carbons (Fsp3) is 0.0588. The van der Waals surface area contributed by atoms with Crippen LogP contribution in [0.5, 0.6) is 0 Å². The van der Waals surface area contributed by atoms with Crippen molar-refractivity contribution in [1.82, 2.24) is 0 Å². The van der Waals surface area contributed by atoms with Crippen molar-refractivity contribution in [3.8, 4) is 22.6 Å². The van der Waals surface area contributed by atoms with E-state index in [-0.39, 0.29) is 11.6 Å². The first-order chi connectivity index (χ1) is 9.66. The summed E-state index contributed by atoms with van der Waals surface area (Å²) in [5.41, 5.74) is 2.73. The second-order valence-corrected chi connectivity index (χ2v) is 5.41. The molecule has 0 fully saturated rings. The fourth-order valence-electron chi connectivity index (χ4n) is 2.06. The molecule has 0 N–H and O–H groups in total. The third kappa shape index (κ3) is 2.29. The molecule has 0 radical (unpaired) electrons. The standard InChI is InChI=1S/C17H12BrFO/c1-11-7-9-13(10-8-11)16-14(18)15(19)17(20-16)12-5-3-2-4-6-12/h2-10H,1H3. The SMILES string of the molecule is Cc1ccc(-c2oc(-c3ccccc3)c(F)c2Br)cc1. The average molecular weight is 331 g/mol. The lowest BCUT2D eigenvalue weighted by Crippen LogP contribution is -1.77. The highest BCUT2D eigenvalue weighted by Crippen LogP contribution is 2.39. The summed E-state index contributed by atoms with van der Waals surface area (Å²) < 4.78 is 20.4. The Bertz CT molecular complexity index is 730. The Morgan fingerprint density at radius 1 is 0.850 bits per heavy atom. The Hall–Kier alpha value is -1.87. The summed E-state index contributed by atoms with van der Waals surface area (Å²) in [5, 5.41) is 0. The van der Waals surface area contributed by atoms with Gasteiger partial charge in [-0.25, -0.2) is 4.39 Å². The summed E-state index contributed by atoms with van der Waals surface area (Å²) in [6, 6.07) is 17.1. The molecule has 100 valence electrons. The van der Waals surface area contributed by atoms with Crippen molar-refractivity contribution in [2.75, 3.05) is 0 Å². The molecule has 20 heavy (non-hydrogen) atoms. The maximum Gasteiger partial charge on any atom is 0.184 e. The molecule has 0 unspecified atom stereocenters. The van der Waals surface area contributed by atoms with E-state index in [1.165, 1.54) is 0 Å². The molecule has 0 aliphatic rings. The maximum absolute atomic E-state index is 14.3. The molecule has 0 atom stereocenters. The number of hydrogen-bond donors (Lipinski definition) is 0. The zero-order chi connectivity index (χ0) is 14.1. The van der Waals surface area contributed by atoms with E-state index < -0.39 is 0 Å². The van der Waals surface area contributed by atoms with E-state index in [1.807, 2.05) is 61.5 Å². The third-order valence-electron chi connectivity index (χ3n) is 3.15. The summed E-state index contributed by atoms with van der Waals surface area (Å²) in [7, 11) is 0. The van der Waals surface area contributed by atoms with E-state index in [1.54, 1.807) is 0 Å². The third-order valence-corrected chi connectivity index (χ3v) is 3.85. The van der Waals surface area contributed by atoms with Crippen molar-refractivity contribution in [2.45, 2.75) is 6.92 Å². The Kier molecular flexibility index (Phi) is 3.45. The van der Waals surface area contributed by atoms with Crippen molar-refractivity contribution in [3.63, 3.8) is 0 Å². The Balaban J connectivity index is 2.13. The molecule has 1 heterocycles. The van der Waals surface area contributed by atoms with Crippen molar-refractivity contribution in [1.29, 1.82) is 0 Å². The first-order valence-electron chi connectivity index (χ1n) is 6.27. The minimum Gasteiger partial charge on any atom is -0.452 e. The van der Waals surface area contributed by atoms with Crippen molar-refractivity contribution >= 4 is 15.9 Å². The van der Waals surface area contributed by atoms with Gasteiger partial charge in [0.1, 0.15) is 4.47 Å². The van der Waals surface area contributed by atoms with E-state index in [9.17, 15) is 4.39 Å². The van der Waals surface area contributed by atoms with Gasteiger partial charge in [-0.15, -0.1) is 0 Å². The summed E-state index contributed by atoms with van der Waals surface area (Å²) >= 11 is 3.28. The molecule has 3 aromatic rings. The number of rotatable bonds is 2. The normalized spacial score (nSPS) is 10.8. The van der Waals surface area contributed by atoms with Gasteiger partial charge in [-0.05, 0) is 22.9 Å². The van der Waals surface area contributed by atoms with Gasteiger partial charge in [-0.2, -0.15) is 0 Å². The van der Waals surface area contributed by atoms with Crippen LogP contribution in [0, 0.1) is 12.7 Å². The molecular weight excluding hydrogens is 319 g/mol. The highest BCUT2D eigenvalue weighted by molar-refractivity contribution is 9.10. The van der Waals surface area contributed by atoms with Gasteiger partial charge in [0.05, 0.1) is 0 Å². The van der Waals surface area contributed by atoms with E-state index in [0.29, 0.717) is 10.2 Å². The Morgan fingerprint density at radius 3 is 2.10 bits per heavy atom. The molecule has 0 aliphatic carbocycles. The number of halogens is 2. The van der Waals surface area contributed by atoms with E-state index in [2.05, 4.69) is 15.9 Å². The molecule has 3 rings (SSSR count). The zero-order valence-electron chi connectivity index (χ0n) is 10.9. The second-order valence-electron chi connectivity index (χ2n) is 4.62. The first-order valence-corrected chi connectivity index (χ1v) is 7.06. The van der Waals surface area contributed by atoms with Gasteiger partial charge < -0.3 is 4.42 Å². The van der Waals surface area contributed by atoms with Crippen LogP contribution in [0.3, 0.4) is 0 Å². The van der Waals surface area contributed by atoms with Crippen LogP contribution in [-0.4, -0.2) is 0 Å².